The van der Waals surface area contributed by atoms with Crippen LogP contribution in [0, 0.1) is 10.1 Å². The molecule has 1 aromatic carbocycles. The monoisotopic (exact) mass is 225 g/mol. The van der Waals surface area contributed by atoms with Crippen LogP contribution in [0.5, 0.6) is 5.75 Å². The summed E-state index contributed by atoms with van der Waals surface area (Å²) in [6.07, 6.45) is 1.96. The first-order valence-electron chi connectivity index (χ1n) is 5.20. The number of ether oxygens (including phenoxy) is 1. The molecule has 0 radical (unpaired) electrons. The van der Waals surface area contributed by atoms with Crippen LogP contribution >= 0.6 is 0 Å². The van der Waals surface area contributed by atoms with Crippen LogP contribution in [0.4, 0.5) is 5.69 Å². The molecule has 0 aromatic heterocycles. The van der Waals surface area contributed by atoms with Crippen molar-refractivity contribution in [3.05, 3.63) is 33.9 Å². The Kier molecular flexibility index (Phi) is 4.72. The molecule has 0 saturated heterocycles. The third-order valence-electron chi connectivity index (χ3n) is 2.18. The second kappa shape index (κ2) is 6.07. The molecule has 0 atom stereocenters. The fourth-order valence-corrected chi connectivity index (χ4v) is 1.29. The maximum atomic E-state index is 10.6. The minimum Gasteiger partial charge on any atom is -0.494 e. The second-order valence-electron chi connectivity index (χ2n) is 3.41. The van der Waals surface area contributed by atoms with Gasteiger partial charge >= 0.3 is 0 Å². The van der Waals surface area contributed by atoms with Crippen molar-refractivity contribution in [2.45, 2.75) is 26.4 Å². The molecule has 0 aliphatic heterocycles. The van der Waals surface area contributed by atoms with E-state index < -0.39 is 4.92 Å². The number of aliphatic hydroxyl groups is 1. The maximum Gasteiger partial charge on any atom is 0.275 e. The van der Waals surface area contributed by atoms with Crippen LogP contribution < -0.4 is 4.74 Å². The van der Waals surface area contributed by atoms with Gasteiger partial charge in [-0.05, 0) is 18.6 Å². The van der Waals surface area contributed by atoms with Crippen molar-refractivity contribution >= 4 is 5.69 Å². The van der Waals surface area contributed by atoms with Gasteiger partial charge in [-0.3, -0.25) is 10.1 Å². The number of rotatable bonds is 6. The first kappa shape index (κ1) is 12.4. The number of nitrogens with zero attached hydrogens (tertiary/aromatic N) is 1. The van der Waals surface area contributed by atoms with E-state index in [1.54, 1.807) is 6.07 Å². The number of hydrogen-bond donors (Lipinski definition) is 1. The number of unbranched alkanes of at least 4 members (excludes halogenated alkanes) is 1. The average molecular weight is 225 g/mol. The fraction of sp³-hybridized carbons (Fsp3) is 0.455. The van der Waals surface area contributed by atoms with Gasteiger partial charge in [0.25, 0.3) is 5.69 Å². The van der Waals surface area contributed by atoms with Crippen molar-refractivity contribution in [1.82, 2.24) is 0 Å². The average Bonchev–Trinajstić information content (AvgIpc) is 2.29. The Morgan fingerprint density at radius 1 is 1.50 bits per heavy atom. The van der Waals surface area contributed by atoms with Gasteiger partial charge in [-0.15, -0.1) is 0 Å². The molecular weight excluding hydrogens is 210 g/mol. The molecule has 5 heteroatoms. The predicted octanol–water partition coefficient (Wildman–Crippen LogP) is 2.27. The molecule has 0 fully saturated rings. The topological polar surface area (TPSA) is 72.6 Å². The van der Waals surface area contributed by atoms with Crippen LogP contribution in [-0.4, -0.2) is 16.6 Å². The minimum absolute atomic E-state index is 0.0784. The summed E-state index contributed by atoms with van der Waals surface area (Å²) in [6, 6.07) is 4.41. The number of nitro groups is 1. The minimum atomic E-state index is -0.513. The van der Waals surface area contributed by atoms with Gasteiger partial charge in [-0.25, -0.2) is 0 Å². The second-order valence-corrected chi connectivity index (χ2v) is 3.41. The lowest BCUT2D eigenvalue weighted by Gasteiger charge is -2.06. The first-order chi connectivity index (χ1) is 7.69. The summed E-state index contributed by atoms with van der Waals surface area (Å²) in [5, 5.41) is 19.6. The van der Waals surface area contributed by atoms with E-state index in [1.165, 1.54) is 12.1 Å². The molecule has 1 N–H and O–H groups in total. The van der Waals surface area contributed by atoms with Crippen LogP contribution in [0.1, 0.15) is 25.3 Å². The van der Waals surface area contributed by atoms with Crippen LogP contribution in [0.3, 0.4) is 0 Å². The van der Waals surface area contributed by atoms with Gasteiger partial charge in [-0.1, -0.05) is 13.3 Å². The number of aliphatic hydroxyl groups excluding tert-OH is 1. The van der Waals surface area contributed by atoms with Gasteiger partial charge < -0.3 is 9.84 Å². The van der Waals surface area contributed by atoms with Gasteiger partial charge in [0.05, 0.1) is 23.7 Å². The zero-order valence-corrected chi connectivity index (χ0v) is 9.18. The van der Waals surface area contributed by atoms with Crippen LogP contribution in [0.15, 0.2) is 18.2 Å². The molecule has 1 aromatic rings. The van der Waals surface area contributed by atoms with E-state index in [0.717, 1.165) is 12.8 Å². The molecule has 16 heavy (non-hydrogen) atoms. The van der Waals surface area contributed by atoms with Crippen molar-refractivity contribution in [2.75, 3.05) is 6.61 Å². The Morgan fingerprint density at radius 3 is 2.81 bits per heavy atom. The van der Waals surface area contributed by atoms with Crippen molar-refractivity contribution in [3.8, 4) is 5.75 Å². The zero-order valence-electron chi connectivity index (χ0n) is 9.18. The first-order valence-corrected chi connectivity index (χ1v) is 5.20. The Morgan fingerprint density at radius 2 is 2.25 bits per heavy atom. The highest BCUT2D eigenvalue weighted by atomic mass is 16.6. The van der Waals surface area contributed by atoms with Crippen molar-refractivity contribution in [1.29, 1.82) is 0 Å². The highest BCUT2D eigenvalue weighted by Gasteiger charge is 2.13. The zero-order chi connectivity index (χ0) is 12.0. The predicted molar refractivity (Wildman–Crippen MR) is 59.4 cm³/mol. The molecule has 0 aliphatic carbocycles. The maximum absolute atomic E-state index is 10.6. The fourth-order valence-electron chi connectivity index (χ4n) is 1.29. The quantitative estimate of drug-likeness (QED) is 0.458. The highest BCUT2D eigenvalue weighted by molar-refractivity contribution is 5.44. The molecule has 0 heterocycles. The summed E-state index contributed by atoms with van der Waals surface area (Å²) in [6.45, 7) is 2.28. The molecule has 0 aliphatic rings. The summed E-state index contributed by atoms with van der Waals surface area (Å²) < 4.78 is 5.39. The number of hydrogen-bond acceptors (Lipinski definition) is 4. The molecule has 1 rings (SSSR count). The Bertz CT molecular complexity index is 365. The summed E-state index contributed by atoms with van der Waals surface area (Å²) in [7, 11) is 0. The lowest BCUT2D eigenvalue weighted by Crippen LogP contribution is -1.99. The summed E-state index contributed by atoms with van der Waals surface area (Å²) in [4.78, 5) is 10.1. The van der Waals surface area contributed by atoms with E-state index in [0.29, 0.717) is 12.4 Å². The summed E-state index contributed by atoms with van der Waals surface area (Å²) in [5.41, 5.74) is 0.198. The third kappa shape index (κ3) is 3.20. The van der Waals surface area contributed by atoms with Gasteiger partial charge in [-0.2, -0.15) is 0 Å². The van der Waals surface area contributed by atoms with Crippen LogP contribution in [0.2, 0.25) is 0 Å². The van der Waals surface area contributed by atoms with E-state index >= 15 is 0 Å². The van der Waals surface area contributed by atoms with E-state index in [-0.39, 0.29) is 17.9 Å². The van der Waals surface area contributed by atoms with Crippen molar-refractivity contribution < 1.29 is 14.8 Å². The Hall–Kier alpha value is -1.62. The van der Waals surface area contributed by atoms with Gasteiger partial charge in [0.2, 0.25) is 0 Å². The molecule has 0 unspecified atom stereocenters. The van der Waals surface area contributed by atoms with E-state index in [1.807, 2.05) is 0 Å². The van der Waals surface area contributed by atoms with Gasteiger partial charge in [0.15, 0.2) is 0 Å². The smallest absolute Gasteiger partial charge is 0.275 e. The molecule has 88 valence electrons. The van der Waals surface area contributed by atoms with Crippen LogP contribution in [-0.2, 0) is 6.61 Å². The largest absolute Gasteiger partial charge is 0.494 e. The lowest BCUT2D eigenvalue weighted by atomic mass is 10.2. The van der Waals surface area contributed by atoms with Crippen molar-refractivity contribution in [3.63, 3.8) is 0 Å². The Balaban J connectivity index is 2.78. The lowest BCUT2D eigenvalue weighted by molar-refractivity contribution is -0.385. The molecule has 5 nitrogen and oxygen atoms in total. The molecule has 0 spiro atoms. The molecule has 0 saturated carbocycles. The normalized spacial score (nSPS) is 10.1. The van der Waals surface area contributed by atoms with Crippen molar-refractivity contribution in [2.24, 2.45) is 0 Å². The van der Waals surface area contributed by atoms with E-state index in [2.05, 4.69) is 6.92 Å². The van der Waals surface area contributed by atoms with Crippen LogP contribution in [0.25, 0.3) is 0 Å². The van der Waals surface area contributed by atoms with Gasteiger partial charge in [0, 0.05) is 6.07 Å². The standard InChI is InChI=1S/C11H15NO4/c1-2-3-6-16-10-4-5-11(12(14)15)9(7-10)8-13/h4-5,7,13H,2-3,6,8H2,1H3. The van der Waals surface area contributed by atoms with E-state index in [4.69, 9.17) is 9.84 Å². The summed E-state index contributed by atoms with van der Waals surface area (Å²) >= 11 is 0. The summed E-state index contributed by atoms with van der Waals surface area (Å²) in [5.74, 6) is 0.558. The van der Waals surface area contributed by atoms with Gasteiger partial charge in [0.1, 0.15) is 5.75 Å². The molecular formula is C11H15NO4. The molecule has 0 bridgehead atoms. The SMILES string of the molecule is CCCCOc1ccc([N+](=O)[O-])c(CO)c1. The Labute approximate surface area is 93.8 Å². The number of benzene rings is 1. The third-order valence-corrected chi connectivity index (χ3v) is 2.18. The van der Waals surface area contributed by atoms with E-state index in [9.17, 15) is 10.1 Å². The molecule has 0 amide bonds. The highest BCUT2D eigenvalue weighted by Crippen LogP contribution is 2.24. The number of nitro benzene ring substituents is 1.